The second kappa shape index (κ2) is 7.00. The molecule has 0 bridgehead atoms. The van der Waals surface area contributed by atoms with E-state index in [2.05, 4.69) is 26.0 Å². The Kier molecular flexibility index (Phi) is 8.83. The first-order valence-corrected chi connectivity index (χ1v) is 3.30. The van der Waals surface area contributed by atoms with Crippen molar-refractivity contribution in [3.63, 3.8) is 0 Å². The molecule has 0 aliphatic carbocycles. The van der Waals surface area contributed by atoms with Gasteiger partial charge in [0.25, 0.3) is 0 Å². The largest absolute Gasteiger partial charge is 0.358 e. The van der Waals surface area contributed by atoms with Gasteiger partial charge in [-0.15, -0.1) is 0 Å². The summed E-state index contributed by atoms with van der Waals surface area (Å²) in [6.07, 6.45) is 1.13. The molecule has 1 aromatic rings. The summed E-state index contributed by atoms with van der Waals surface area (Å²) < 4.78 is 0. The zero-order valence-corrected chi connectivity index (χ0v) is 10.4. The predicted molar refractivity (Wildman–Crippen MR) is 45.8 cm³/mol. The normalized spacial score (nSPS) is 7.82. The Morgan fingerprint density at radius 3 is 2.45 bits per heavy atom. The standard InChI is InChI=1S/C9H11.CH3.Y/c1-3-9-7-5-4-6-8(9)2;;/h5-7H,3H2,1-2H3;1H3;/q2*-1;. The van der Waals surface area contributed by atoms with Crippen LogP contribution in [-0.4, -0.2) is 0 Å². The molecule has 0 amide bonds. The molecule has 0 N–H and O–H groups in total. The number of benzene rings is 1. The van der Waals surface area contributed by atoms with Gasteiger partial charge in [-0.2, -0.15) is 35.4 Å². The molecule has 0 aliphatic rings. The molecule has 1 radical (unpaired) electrons. The van der Waals surface area contributed by atoms with Gasteiger partial charge in [0.05, 0.1) is 0 Å². The zero-order valence-electron chi connectivity index (χ0n) is 7.52. The number of aryl methyl sites for hydroxylation is 2. The van der Waals surface area contributed by atoms with Crippen molar-refractivity contribution >= 4 is 0 Å². The zero-order chi connectivity index (χ0) is 6.69. The maximum absolute atomic E-state index is 3.04. The van der Waals surface area contributed by atoms with Crippen LogP contribution in [0.5, 0.6) is 0 Å². The van der Waals surface area contributed by atoms with Crippen LogP contribution in [0.25, 0.3) is 0 Å². The average molecular weight is 223 g/mol. The van der Waals surface area contributed by atoms with Crippen molar-refractivity contribution < 1.29 is 32.7 Å². The summed E-state index contributed by atoms with van der Waals surface area (Å²) in [6, 6.07) is 9.15. The Bertz CT molecular complexity index is 194. The minimum atomic E-state index is 0. The third-order valence-corrected chi connectivity index (χ3v) is 1.57. The van der Waals surface area contributed by atoms with Crippen molar-refractivity contribution in [2.45, 2.75) is 20.3 Å². The molecule has 0 aliphatic heterocycles. The SMILES string of the molecule is CCc1cc[c-]cc1C.[CH3-].[Y]. The van der Waals surface area contributed by atoms with E-state index in [0.717, 1.165) is 6.42 Å². The first-order valence-electron chi connectivity index (χ1n) is 3.30. The van der Waals surface area contributed by atoms with E-state index in [1.54, 1.807) is 0 Å². The third-order valence-electron chi connectivity index (χ3n) is 1.57. The average Bonchev–Trinajstić information content (AvgIpc) is 1.89. The van der Waals surface area contributed by atoms with E-state index in [-0.39, 0.29) is 40.1 Å². The van der Waals surface area contributed by atoms with Crippen molar-refractivity contribution in [3.8, 4) is 0 Å². The van der Waals surface area contributed by atoms with Crippen molar-refractivity contribution in [2.24, 2.45) is 0 Å². The fourth-order valence-electron chi connectivity index (χ4n) is 0.943. The van der Waals surface area contributed by atoms with Gasteiger partial charge in [0, 0.05) is 32.7 Å². The molecule has 0 saturated carbocycles. The molecule has 0 spiro atoms. The van der Waals surface area contributed by atoms with Crippen LogP contribution in [0.15, 0.2) is 18.2 Å². The monoisotopic (exact) mass is 223 g/mol. The van der Waals surface area contributed by atoms with Crippen LogP contribution >= 0.6 is 0 Å². The molecule has 0 heterocycles. The Balaban J connectivity index is 0. The Morgan fingerprint density at radius 2 is 2.09 bits per heavy atom. The van der Waals surface area contributed by atoms with Crippen LogP contribution in [0, 0.1) is 20.4 Å². The van der Waals surface area contributed by atoms with Crippen LogP contribution < -0.4 is 0 Å². The fourth-order valence-corrected chi connectivity index (χ4v) is 0.943. The number of hydrogen-bond donors (Lipinski definition) is 0. The van der Waals surface area contributed by atoms with Gasteiger partial charge in [-0.05, 0) is 0 Å². The van der Waals surface area contributed by atoms with Crippen molar-refractivity contribution in [1.82, 2.24) is 0 Å². The fraction of sp³-hybridized carbons (Fsp3) is 0.300. The van der Waals surface area contributed by atoms with Gasteiger partial charge < -0.3 is 7.43 Å². The van der Waals surface area contributed by atoms with Gasteiger partial charge in [-0.1, -0.05) is 20.3 Å². The van der Waals surface area contributed by atoms with Gasteiger partial charge in [0.2, 0.25) is 0 Å². The van der Waals surface area contributed by atoms with Crippen molar-refractivity contribution in [3.05, 3.63) is 42.8 Å². The molecular formula is C10H14Y-2. The van der Waals surface area contributed by atoms with Crippen LogP contribution in [0.2, 0.25) is 0 Å². The molecule has 0 nitrogen and oxygen atoms in total. The minimum absolute atomic E-state index is 0. The smallest absolute Gasteiger partial charge is 0 e. The van der Waals surface area contributed by atoms with Crippen LogP contribution in [0.4, 0.5) is 0 Å². The molecule has 11 heavy (non-hydrogen) atoms. The van der Waals surface area contributed by atoms with Crippen molar-refractivity contribution in [2.75, 3.05) is 0 Å². The summed E-state index contributed by atoms with van der Waals surface area (Å²) in [7, 11) is 0. The summed E-state index contributed by atoms with van der Waals surface area (Å²) >= 11 is 0. The Morgan fingerprint density at radius 1 is 1.45 bits per heavy atom. The van der Waals surface area contributed by atoms with E-state index < -0.39 is 0 Å². The van der Waals surface area contributed by atoms with Crippen molar-refractivity contribution in [1.29, 1.82) is 0 Å². The van der Waals surface area contributed by atoms with Crippen LogP contribution in [0.1, 0.15) is 18.1 Å². The molecule has 0 aromatic heterocycles. The number of rotatable bonds is 1. The van der Waals surface area contributed by atoms with E-state index >= 15 is 0 Å². The van der Waals surface area contributed by atoms with E-state index in [0.29, 0.717) is 0 Å². The van der Waals surface area contributed by atoms with E-state index in [1.807, 2.05) is 12.1 Å². The molecular weight excluding hydrogens is 209 g/mol. The molecule has 0 unspecified atom stereocenters. The molecule has 59 valence electrons. The second-order valence-corrected chi connectivity index (χ2v) is 2.21. The summed E-state index contributed by atoms with van der Waals surface area (Å²) in [5, 5.41) is 0. The van der Waals surface area contributed by atoms with E-state index in [4.69, 9.17) is 0 Å². The summed E-state index contributed by atoms with van der Waals surface area (Å²) in [5.41, 5.74) is 2.77. The maximum Gasteiger partial charge on any atom is 0 e. The Labute approximate surface area is 95.3 Å². The summed E-state index contributed by atoms with van der Waals surface area (Å²) in [6.45, 7) is 4.29. The quantitative estimate of drug-likeness (QED) is 0.642. The van der Waals surface area contributed by atoms with Gasteiger partial charge in [-0.25, -0.2) is 0 Å². The molecule has 1 heteroatoms. The summed E-state index contributed by atoms with van der Waals surface area (Å²) in [5.74, 6) is 0. The topological polar surface area (TPSA) is 0 Å². The third kappa shape index (κ3) is 4.03. The van der Waals surface area contributed by atoms with Gasteiger partial charge in [0.15, 0.2) is 0 Å². The molecule has 0 fully saturated rings. The molecule has 0 saturated heterocycles. The number of hydrogen-bond acceptors (Lipinski definition) is 0. The van der Waals surface area contributed by atoms with Gasteiger partial charge >= 0.3 is 0 Å². The summed E-state index contributed by atoms with van der Waals surface area (Å²) in [4.78, 5) is 0. The van der Waals surface area contributed by atoms with E-state index in [1.165, 1.54) is 11.1 Å². The minimum Gasteiger partial charge on any atom is -0.358 e. The first-order chi connectivity index (χ1) is 4.34. The molecule has 1 rings (SSSR count). The molecule has 0 atom stereocenters. The molecule has 1 aromatic carbocycles. The van der Waals surface area contributed by atoms with Crippen LogP contribution in [0.3, 0.4) is 0 Å². The maximum atomic E-state index is 3.04. The second-order valence-electron chi connectivity index (χ2n) is 2.21. The van der Waals surface area contributed by atoms with Gasteiger partial charge in [0.1, 0.15) is 0 Å². The van der Waals surface area contributed by atoms with Gasteiger partial charge in [-0.3, -0.25) is 0 Å². The Hall–Kier alpha value is 0.324. The van der Waals surface area contributed by atoms with E-state index in [9.17, 15) is 0 Å². The predicted octanol–water partition coefficient (Wildman–Crippen LogP) is 2.81. The van der Waals surface area contributed by atoms with Crippen LogP contribution in [-0.2, 0) is 39.1 Å². The first kappa shape index (κ1) is 13.9.